The lowest BCUT2D eigenvalue weighted by atomic mass is 9.99. The van der Waals surface area contributed by atoms with E-state index in [0.717, 1.165) is 57.8 Å². The molecule has 0 aliphatic carbocycles. The van der Waals surface area contributed by atoms with E-state index < -0.39 is 59.8 Å². The monoisotopic (exact) mass is 1100 g/mol. The van der Waals surface area contributed by atoms with Crippen LogP contribution in [0.5, 0.6) is 0 Å². The van der Waals surface area contributed by atoms with Gasteiger partial charge >= 0.3 is 16.4 Å². The molecule has 12 nitrogen and oxygen atoms in total. The highest BCUT2D eigenvalue weighted by Gasteiger charge is 2.48. The Balaban J connectivity index is 2.25. The minimum atomic E-state index is -5.07. The lowest BCUT2D eigenvalue weighted by molar-refractivity contribution is -0.301. The van der Waals surface area contributed by atoms with Gasteiger partial charge in [-0.2, -0.15) is 8.42 Å². The van der Waals surface area contributed by atoms with Crippen molar-refractivity contribution < 1.29 is 56.2 Å². The Labute approximate surface area is 466 Å². The summed E-state index contributed by atoms with van der Waals surface area (Å²) in [6.07, 6.45) is 59.1. The number of aliphatic hydroxyl groups excluding tert-OH is 3. The number of unbranched alkanes of at least 4 members (excludes halogenated alkanes) is 38. The molecule has 4 N–H and O–H groups in total. The summed E-state index contributed by atoms with van der Waals surface area (Å²) in [6, 6.07) is 0. The van der Waals surface area contributed by atoms with Crippen molar-refractivity contribution in [2.45, 2.75) is 333 Å². The van der Waals surface area contributed by atoms with Crippen LogP contribution in [-0.4, -0.2) is 97.5 Å². The molecule has 0 bridgehead atoms. The molecule has 13 heteroatoms. The zero-order valence-corrected chi connectivity index (χ0v) is 49.6. The predicted octanol–water partition coefficient (Wildman–Crippen LogP) is 16.4. The third kappa shape index (κ3) is 46.1. The SMILES string of the molecule is CCCCCCC/C=C\C/C=C\C/C=C\CCCCCCCCCCC(=O)OC(COCCCCCCCCCCCCCCCCCCCCCCCCCCCC)COC1OC(CO)C(O)C(OS(=O)(=O)O)C1O. The van der Waals surface area contributed by atoms with E-state index in [1.807, 2.05) is 0 Å². The first kappa shape index (κ1) is 72.3. The smallest absolute Gasteiger partial charge is 0.397 e. The number of ether oxygens (including phenoxy) is 4. The van der Waals surface area contributed by atoms with Gasteiger partial charge in [-0.3, -0.25) is 9.35 Å². The van der Waals surface area contributed by atoms with Gasteiger partial charge in [0, 0.05) is 13.0 Å². The minimum Gasteiger partial charge on any atom is -0.457 e. The number of hydrogen-bond donors (Lipinski definition) is 4. The molecule has 0 aromatic rings. The summed E-state index contributed by atoms with van der Waals surface area (Å²) in [5.74, 6) is -0.400. The maximum atomic E-state index is 13.0. The second-order valence-electron chi connectivity index (χ2n) is 22.0. The summed E-state index contributed by atoms with van der Waals surface area (Å²) >= 11 is 0. The van der Waals surface area contributed by atoms with E-state index in [2.05, 4.69) is 54.5 Å². The molecule has 1 aliphatic rings. The van der Waals surface area contributed by atoms with Crippen LogP contribution in [0.2, 0.25) is 0 Å². The summed E-state index contributed by atoms with van der Waals surface area (Å²) in [5.41, 5.74) is 0. The average Bonchev–Trinajstić information content (AvgIpc) is 3.40. The van der Waals surface area contributed by atoms with Crippen molar-refractivity contribution >= 4 is 16.4 Å². The Morgan fingerprint density at radius 2 is 0.868 bits per heavy atom. The molecule has 1 fully saturated rings. The molecule has 1 aliphatic heterocycles. The van der Waals surface area contributed by atoms with Crippen molar-refractivity contribution in [3.05, 3.63) is 36.5 Å². The second-order valence-corrected chi connectivity index (χ2v) is 23.1. The number of rotatable bonds is 57. The molecule has 6 unspecified atom stereocenters. The third-order valence-corrected chi connectivity index (χ3v) is 15.2. The third-order valence-electron chi connectivity index (χ3n) is 14.8. The summed E-state index contributed by atoms with van der Waals surface area (Å²) < 4.78 is 59.6. The highest BCUT2D eigenvalue weighted by Crippen LogP contribution is 2.26. The lowest BCUT2D eigenvalue weighted by Gasteiger charge is -2.41. The molecule has 448 valence electrons. The van der Waals surface area contributed by atoms with Gasteiger partial charge in [0.15, 0.2) is 6.29 Å². The van der Waals surface area contributed by atoms with E-state index in [1.54, 1.807) is 0 Å². The standard InChI is InChI=1S/C63H118O12S/c1-3-5-7-9-11-13-15-17-19-21-23-25-27-28-29-31-33-35-37-39-41-43-45-47-49-51-53-71-55-57(56-72-63-61(67)62(75-76(68,69)70)60(66)58(54-64)74-63)73-59(65)52-50-48-46-44-42-40-38-36-34-32-30-26-24-22-20-18-16-14-12-10-8-6-4-2/h16,18,22,24,30,32,57-58,60-64,66-67H,3-15,17,19-21,23,25-29,31,33-56H2,1-2H3,(H,68,69,70)/b18-16-,24-22-,32-30-. The van der Waals surface area contributed by atoms with E-state index in [1.165, 1.54) is 212 Å². The molecule has 1 heterocycles. The maximum absolute atomic E-state index is 13.0. The first-order valence-electron chi connectivity index (χ1n) is 31.7. The summed E-state index contributed by atoms with van der Waals surface area (Å²) in [6.45, 7) is 4.04. The van der Waals surface area contributed by atoms with Crippen LogP contribution in [0.1, 0.15) is 296 Å². The number of carbonyl (C=O) groups is 1. The van der Waals surface area contributed by atoms with Crippen molar-refractivity contribution in [2.75, 3.05) is 26.4 Å². The van der Waals surface area contributed by atoms with Gasteiger partial charge in [-0.25, -0.2) is 4.18 Å². The Hall–Kier alpha value is -1.68. The molecule has 0 saturated carbocycles. The lowest BCUT2D eigenvalue weighted by Crippen LogP contribution is -2.60. The van der Waals surface area contributed by atoms with Crippen molar-refractivity contribution in [2.24, 2.45) is 0 Å². The van der Waals surface area contributed by atoms with E-state index in [0.29, 0.717) is 13.0 Å². The molecule has 0 radical (unpaired) electrons. The van der Waals surface area contributed by atoms with E-state index in [4.69, 9.17) is 18.9 Å². The first-order chi connectivity index (χ1) is 37.1. The highest BCUT2D eigenvalue weighted by atomic mass is 32.3. The number of hydrogen-bond acceptors (Lipinski definition) is 11. The van der Waals surface area contributed by atoms with Crippen LogP contribution in [0.25, 0.3) is 0 Å². The Morgan fingerprint density at radius 1 is 0.500 bits per heavy atom. The molecule has 0 amide bonds. The number of carbonyl (C=O) groups excluding carboxylic acids is 1. The summed E-state index contributed by atoms with van der Waals surface area (Å²) in [7, 11) is -5.07. The highest BCUT2D eigenvalue weighted by molar-refractivity contribution is 7.80. The average molecular weight is 1100 g/mol. The van der Waals surface area contributed by atoms with Gasteiger partial charge in [0.25, 0.3) is 0 Å². The van der Waals surface area contributed by atoms with Crippen LogP contribution in [0.4, 0.5) is 0 Å². The van der Waals surface area contributed by atoms with Gasteiger partial charge in [0.05, 0.1) is 19.8 Å². The molecule has 6 atom stereocenters. The van der Waals surface area contributed by atoms with Gasteiger partial charge in [0.1, 0.15) is 30.5 Å². The largest absolute Gasteiger partial charge is 0.457 e. The van der Waals surface area contributed by atoms with Crippen LogP contribution in [0.3, 0.4) is 0 Å². The molecule has 1 saturated heterocycles. The fourth-order valence-corrected chi connectivity index (χ4v) is 10.5. The number of aliphatic hydroxyl groups is 3. The summed E-state index contributed by atoms with van der Waals surface area (Å²) in [4.78, 5) is 13.0. The Bertz CT molecular complexity index is 1460. The molecule has 76 heavy (non-hydrogen) atoms. The predicted molar refractivity (Wildman–Crippen MR) is 313 cm³/mol. The quantitative estimate of drug-likeness (QED) is 0.0196. The number of esters is 1. The van der Waals surface area contributed by atoms with E-state index in [-0.39, 0.29) is 19.6 Å². The van der Waals surface area contributed by atoms with Crippen molar-refractivity contribution in [3.63, 3.8) is 0 Å². The van der Waals surface area contributed by atoms with Gasteiger partial charge < -0.3 is 34.3 Å². The zero-order valence-electron chi connectivity index (χ0n) is 48.8. The second kappa shape index (κ2) is 53.9. The van der Waals surface area contributed by atoms with Crippen molar-refractivity contribution in [1.29, 1.82) is 0 Å². The fourth-order valence-electron chi connectivity index (χ4n) is 9.98. The molecule has 0 aromatic heterocycles. The van der Waals surface area contributed by atoms with Gasteiger partial charge in [-0.15, -0.1) is 0 Å². The Morgan fingerprint density at radius 3 is 1.26 bits per heavy atom. The molecular formula is C63H118O12S. The fraction of sp³-hybridized carbons (Fsp3) is 0.889. The zero-order chi connectivity index (χ0) is 55.3. The van der Waals surface area contributed by atoms with Gasteiger partial charge in [0.2, 0.25) is 0 Å². The topological polar surface area (TPSA) is 178 Å². The van der Waals surface area contributed by atoms with Crippen molar-refractivity contribution in [3.8, 4) is 0 Å². The van der Waals surface area contributed by atoms with Crippen molar-refractivity contribution in [1.82, 2.24) is 0 Å². The van der Waals surface area contributed by atoms with E-state index >= 15 is 0 Å². The normalized spacial score (nSPS) is 18.7. The van der Waals surface area contributed by atoms with Crippen LogP contribution in [-0.2, 0) is 38.3 Å². The van der Waals surface area contributed by atoms with Gasteiger partial charge in [-0.05, 0) is 51.4 Å². The van der Waals surface area contributed by atoms with Crippen LogP contribution in [0, 0.1) is 0 Å². The molecule has 0 aromatic carbocycles. The van der Waals surface area contributed by atoms with Gasteiger partial charge in [-0.1, -0.05) is 275 Å². The molecule has 0 spiro atoms. The molecule has 1 rings (SSSR count). The Kier molecular flexibility index (Phi) is 51.3. The number of allylic oxidation sites excluding steroid dienone is 6. The first-order valence-corrected chi connectivity index (χ1v) is 33.1. The summed E-state index contributed by atoms with van der Waals surface area (Å²) in [5, 5.41) is 30.9. The molecular weight excluding hydrogens is 981 g/mol. The minimum absolute atomic E-state index is 0.0368. The van der Waals surface area contributed by atoms with Crippen LogP contribution < -0.4 is 0 Å². The maximum Gasteiger partial charge on any atom is 0.397 e. The van der Waals surface area contributed by atoms with E-state index in [9.17, 15) is 33.1 Å². The van der Waals surface area contributed by atoms with Crippen LogP contribution >= 0.6 is 0 Å². The van der Waals surface area contributed by atoms with Crippen LogP contribution in [0.15, 0.2) is 36.5 Å².